The van der Waals surface area contributed by atoms with Crippen molar-refractivity contribution in [3.8, 4) is 0 Å². The first-order valence-corrected chi connectivity index (χ1v) is 7.37. The van der Waals surface area contributed by atoms with E-state index < -0.39 is 12.2 Å². The van der Waals surface area contributed by atoms with Gasteiger partial charge in [0, 0.05) is 6.54 Å². The van der Waals surface area contributed by atoms with Gasteiger partial charge in [-0.25, -0.2) is 0 Å². The van der Waals surface area contributed by atoms with E-state index in [2.05, 4.69) is 0 Å². The van der Waals surface area contributed by atoms with Crippen molar-refractivity contribution >= 4 is 34.2 Å². The van der Waals surface area contributed by atoms with Crippen LogP contribution >= 0.6 is 24.0 Å². The van der Waals surface area contributed by atoms with Gasteiger partial charge in [-0.3, -0.25) is 9.69 Å². The van der Waals surface area contributed by atoms with Crippen molar-refractivity contribution in [3.63, 3.8) is 0 Å². The van der Waals surface area contributed by atoms with Crippen molar-refractivity contribution in [2.75, 3.05) is 6.54 Å². The van der Waals surface area contributed by atoms with Crippen molar-refractivity contribution in [2.45, 2.75) is 38.4 Å². The minimum absolute atomic E-state index is 0.0342. The Hall–Kier alpha value is -0.430. The number of allylic oxidation sites excluding steroid dienone is 1. The van der Waals surface area contributed by atoms with Crippen LogP contribution in [0.1, 0.15) is 26.2 Å². The van der Waals surface area contributed by atoms with Crippen molar-refractivity contribution in [1.29, 1.82) is 0 Å². The number of aliphatic hydroxyl groups excluding tert-OH is 2. The Balaban J connectivity index is 2.06. The standard InChI is InChI=1S/C12H17NO3S2/c1-2-13-11(16)10(18-12(13)17)6-7-3-4-8(14)9(15)5-7/h6-9,14-15H,2-5H2,1H3/b10-6+. The Morgan fingerprint density at radius 2 is 2.17 bits per heavy atom. The van der Waals surface area contributed by atoms with Crippen LogP contribution in [-0.2, 0) is 4.79 Å². The zero-order valence-corrected chi connectivity index (χ0v) is 11.8. The molecule has 3 unspecified atom stereocenters. The van der Waals surface area contributed by atoms with Crippen LogP contribution in [-0.4, -0.2) is 44.1 Å². The maximum atomic E-state index is 12.0. The summed E-state index contributed by atoms with van der Waals surface area (Å²) in [5.74, 6) is 0.113. The first-order valence-electron chi connectivity index (χ1n) is 6.14. The SMILES string of the molecule is CCN1C(=O)/C(=C\C2CCC(O)C(O)C2)SC1=S. The number of carbonyl (C=O) groups is 1. The molecule has 2 fully saturated rings. The molecule has 4 nitrogen and oxygen atoms in total. The number of hydrogen-bond acceptors (Lipinski definition) is 5. The fraction of sp³-hybridized carbons (Fsp3) is 0.667. The van der Waals surface area contributed by atoms with Gasteiger partial charge in [-0.1, -0.05) is 30.1 Å². The summed E-state index contributed by atoms with van der Waals surface area (Å²) in [7, 11) is 0. The molecule has 0 bridgehead atoms. The molecule has 18 heavy (non-hydrogen) atoms. The molecule has 0 aromatic rings. The molecule has 1 amide bonds. The van der Waals surface area contributed by atoms with Gasteiger partial charge in [0.2, 0.25) is 0 Å². The zero-order chi connectivity index (χ0) is 13.3. The van der Waals surface area contributed by atoms with Crippen LogP contribution in [0.3, 0.4) is 0 Å². The maximum absolute atomic E-state index is 12.0. The summed E-state index contributed by atoms with van der Waals surface area (Å²) in [6.07, 6.45) is 2.49. The third kappa shape index (κ3) is 2.77. The van der Waals surface area contributed by atoms with Gasteiger partial charge in [-0.05, 0) is 32.1 Å². The molecule has 0 aromatic carbocycles. The normalized spacial score (nSPS) is 35.6. The fourth-order valence-electron chi connectivity index (χ4n) is 2.31. The van der Waals surface area contributed by atoms with E-state index in [1.54, 1.807) is 4.90 Å². The number of likely N-dealkylation sites (N-methyl/N-ethyl adjacent to an activating group) is 1. The number of nitrogens with zero attached hydrogens (tertiary/aromatic N) is 1. The van der Waals surface area contributed by atoms with Gasteiger partial charge in [0.05, 0.1) is 17.1 Å². The highest BCUT2D eigenvalue weighted by Crippen LogP contribution is 2.34. The predicted octanol–water partition coefficient (Wildman–Crippen LogP) is 1.27. The lowest BCUT2D eigenvalue weighted by Gasteiger charge is -2.28. The molecule has 100 valence electrons. The second kappa shape index (κ2) is 5.69. The van der Waals surface area contributed by atoms with Crippen LogP contribution in [0.5, 0.6) is 0 Å². The number of carbonyl (C=O) groups excluding carboxylic acids is 1. The third-order valence-corrected chi connectivity index (χ3v) is 4.79. The summed E-state index contributed by atoms with van der Waals surface area (Å²) < 4.78 is 0.602. The van der Waals surface area contributed by atoms with Crippen LogP contribution < -0.4 is 0 Å². The van der Waals surface area contributed by atoms with Gasteiger partial charge < -0.3 is 10.2 Å². The van der Waals surface area contributed by atoms with Gasteiger partial charge >= 0.3 is 0 Å². The molecule has 2 rings (SSSR count). The van der Waals surface area contributed by atoms with Crippen LogP contribution in [0.15, 0.2) is 11.0 Å². The largest absolute Gasteiger partial charge is 0.390 e. The summed E-state index contributed by atoms with van der Waals surface area (Å²) >= 11 is 6.47. The third-order valence-electron chi connectivity index (χ3n) is 3.40. The van der Waals surface area contributed by atoms with Gasteiger partial charge in [-0.15, -0.1) is 0 Å². The number of aliphatic hydroxyl groups is 2. The Morgan fingerprint density at radius 3 is 2.72 bits per heavy atom. The first-order chi connectivity index (χ1) is 8.52. The predicted molar refractivity (Wildman–Crippen MR) is 75.0 cm³/mol. The lowest BCUT2D eigenvalue weighted by Crippen LogP contribution is -2.33. The highest BCUT2D eigenvalue weighted by atomic mass is 32.2. The van der Waals surface area contributed by atoms with Gasteiger partial charge in [0.25, 0.3) is 5.91 Å². The lowest BCUT2D eigenvalue weighted by molar-refractivity contribution is -0.122. The Labute approximate surface area is 116 Å². The Morgan fingerprint density at radius 1 is 1.44 bits per heavy atom. The quantitative estimate of drug-likeness (QED) is 0.592. The van der Waals surface area contributed by atoms with Gasteiger partial charge in [-0.2, -0.15) is 0 Å². The molecule has 0 radical (unpaired) electrons. The van der Waals surface area contributed by atoms with Crippen LogP contribution in [0.25, 0.3) is 0 Å². The van der Waals surface area contributed by atoms with E-state index >= 15 is 0 Å². The summed E-state index contributed by atoms with van der Waals surface area (Å²) in [4.78, 5) is 14.2. The molecule has 1 heterocycles. The maximum Gasteiger partial charge on any atom is 0.265 e. The fourth-order valence-corrected chi connectivity index (χ4v) is 3.76. The van der Waals surface area contributed by atoms with Crippen molar-refractivity contribution in [1.82, 2.24) is 4.90 Å². The number of amides is 1. The van der Waals surface area contributed by atoms with E-state index in [0.717, 1.165) is 6.42 Å². The second-order valence-electron chi connectivity index (χ2n) is 4.66. The highest BCUT2D eigenvalue weighted by Gasteiger charge is 2.33. The first kappa shape index (κ1) is 14.0. The topological polar surface area (TPSA) is 60.8 Å². The summed E-state index contributed by atoms with van der Waals surface area (Å²) in [5.41, 5.74) is 0. The number of thiocarbonyl (C=S) groups is 1. The van der Waals surface area contributed by atoms with Crippen molar-refractivity contribution in [3.05, 3.63) is 11.0 Å². The molecule has 1 saturated heterocycles. The number of hydrogen-bond donors (Lipinski definition) is 2. The monoisotopic (exact) mass is 287 g/mol. The average Bonchev–Trinajstić information content (AvgIpc) is 2.59. The molecule has 2 N–H and O–H groups in total. The average molecular weight is 287 g/mol. The number of thioether (sulfide) groups is 1. The van der Waals surface area contributed by atoms with Crippen LogP contribution in [0.4, 0.5) is 0 Å². The van der Waals surface area contributed by atoms with E-state index in [0.29, 0.717) is 28.6 Å². The van der Waals surface area contributed by atoms with Gasteiger partial charge in [0.15, 0.2) is 0 Å². The summed E-state index contributed by atoms with van der Waals surface area (Å²) in [5, 5.41) is 19.1. The van der Waals surface area contributed by atoms with E-state index in [1.807, 2.05) is 13.0 Å². The van der Waals surface area contributed by atoms with E-state index in [9.17, 15) is 15.0 Å². The van der Waals surface area contributed by atoms with E-state index in [1.165, 1.54) is 11.8 Å². The molecule has 6 heteroatoms. The van der Waals surface area contributed by atoms with E-state index in [-0.39, 0.29) is 11.8 Å². The molecular weight excluding hydrogens is 270 g/mol. The highest BCUT2D eigenvalue weighted by molar-refractivity contribution is 8.26. The minimum Gasteiger partial charge on any atom is -0.390 e. The van der Waals surface area contributed by atoms with Crippen molar-refractivity contribution < 1.29 is 15.0 Å². The molecular formula is C12H17NO3S2. The number of rotatable bonds is 2. The summed E-state index contributed by atoms with van der Waals surface area (Å²) in [6.45, 7) is 2.49. The molecule has 1 saturated carbocycles. The molecule has 2 aliphatic rings. The van der Waals surface area contributed by atoms with Crippen LogP contribution in [0.2, 0.25) is 0 Å². The summed E-state index contributed by atoms with van der Waals surface area (Å²) in [6, 6.07) is 0. The second-order valence-corrected chi connectivity index (χ2v) is 6.33. The molecule has 1 aliphatic carbocycles. The minimum atomic E-state index is -0.684. The Bertz CT molecular complexity index is 397. The zero-order valence-electron chi connectivity index (χ0n) is 10.2. The van der Waals surface area contributed by atoms with Crippen molar-refractivity contribution in [2.24, 2.45) is 5.92 Å². The van der Waals surface area contributed by atoms with Gasteiger partial charge in [0.1, 0.15) is 4.32 Å². The smallest absolute Gasteiger partial charge is 0.265 e. The lowest BCUT2D eigenvalue weighted by atomic mass is 9.85. The molecule has 0 spiro atoms. The molecule has 0 aromatic heterocycles. The van der Waals surface area contributed by atoms with E-state index in [4.69, 9.17) is 12.2 Å². The molecule has 1 aliphatic heterocycles. The van der Waals surface area contributed by atoms with Crippen LogP contribution in [0, 0.1) is 5.92 Å². The Kier molecular flexibility index (Phi) is 4.42. The molecule has 3 atom stereocenters.